The summed E-state index contributed by atoms with van der Waals surface area (Å²) >= 11 is 0. The van der Waals surface area contributed by atoms with E-state index >= 15 is 0 Å². The van der Waals surface area contributed by atoms with Gasteiger partial charge in [0.05, 0.1) is 4.92 Å². The van der Waals surface area contributed by atoms with Crippen molar-refractivity contribution in [2.24, 2.45) is 17.6 Å². The number of anilines is 2. The summed E-state index contributed by atoms with van der Waals surface area (Å²) < 4.78 is 0. The van der Waals surface area contributed by atoms with E-state index in [2.05, 4.69) is 44.9 Å². The molecule has 0 spiro atoms. The van der Waals surface area contributed by atoms with Crippen LogP contribution >= 0.6 is 0 Å². The molecule has 1 fully saturated rings. The number of hydrogen-bond donors (Lipinski definition) is 3. The third-order valence-corrected chi connectivity index (χ3v) is 6.36. The van der Waals surface area contributed by atoms with Crippen LogP contribution in [0.15, 0.2) is 60.8 Å². The van der Waals surface area contributed by atoms with Gasteiger partial charge in [-0.1, -0.05) is 54.6 Å². The SMILES string of the molecule is NCC1CCC(CNc2nc(NCc3ccccc3-c3ccccc3)ncc2[N+](=O)[O-])CC1. The van der Waals surface area contributed by atoms with Gasteiger partial charge >= 0.3 is 5.69 Å². The largest absolute Gasteiger partial charge is 0.364 e. The van der Waals surface area contributed by atoms with Crippen LogP contribution in [0.2, 0.25) is 0 Å². The van der Waals surface area contributed by atoms with Gasteiger partial charge in [0.15, 0.2) is 0 Å². The molecule has 0 atom stereocenters. The molecule has 4 N–H and O–H groups in total. The molecular formula is C25H30N6O2. The Bertz CT molecular complexity index is 1070. The van der Waals surface area contributed by atoms with E-state index in [0.29, 0.717) is 30.9 Å². The lowest BCUT2D eigenvalue weighted by Gasteiger charge is -2.27. The zero-order valence-corrected chi connectivity index (χ0v) is 18.6. The molecule has 2 aromatic carbocycles. The van der Waals surface area contributed by atoms with Crippen LogP contribution in [0.1, 0.15) is 31.2 Å². The van der Waals surface area contributed by atoms with E-state index in [0.717, 1.165) is 48.9 Å². The van der Waals surface area contributed by atoms with E-state index < -0.39 is 4.92 Å². The molecule has 0 radical (unpaired) electrons. The molecule has 1 aromatic heterocycles. The molecule has 8 nitrogen and oxygen atoms in total. The van der Waals surface area contributed by atoms with Crippen molar-refractivity contribution in [2.75, 3.05) is 23.7 Å². The molecule has 1 aliphatic rings. The molecule has 0 bridgehead atoms. The summed E-state index contributed by atoms with van der Waals surface area (Å²) in [5.74, 6) is 1.69. The number of hydrogen-bond acceptors (Lipinski definition) is 7. The minimum atomic E-state index is -0.442. The van der Waals surface area contributed by atoms with Gasteiger partial charge in [0, 0.05) is 13.1 Å². The van der Waals surface area contributed by atoms with E-state index in [9.17, 15) is 10.1 Å². The standard InChI is InChI=1S/C25H30N6O2/c26-14-18-10-12-19(13-11-18)15-27-24-23(31(32)33)17-29-25(30-24)28-16-21-8-4-5-9-22(21)20-6-2-1-3-7-20/h1-9,17-19H,10-16,26H2,(H2,27,28,29,30). The monoisotopic (exact) mass is 446 g/mol. The van der Waals surface area contributed by atoms with Crippen LogP contribution in [0.3, 0.4) is 0 Å². The second-order valence-electron chi connectivity index (χ2n) is 8.56. The van der Waals surface area contributed by atoms with Gasteiger partial charge < -0.3 is 16.4 Å². The Labute approximate surface area is 193 Å². The van der Waals surface area contributed by atoms with Crippen LogP contribution in [0.25, 0.3) is 11.1 Å². The molecule has 0 unspecified atom stereocenters. The summed E-state index contributed by atoms with van der Waals surface area (Å²) in [4.78, 5) is 19.7. The highest BCUT2D eigenvalue weighted by molar-refractivity contribution is 5.67. The summed E-state index contributed by atoms with van der Waals surface area (Å²) in [5, 5.41) is 17.9. The van der Waals surface area contributed by atoms with Crippen molar-refractivity contribution in [2.45, 2.75) is 32.2 Å². The van der Waals surface area contributed by atoms with E-state index in [1.54, 1.807) is 0 Å². The Kier molecular flexibility index (Phi) is 7.47. The lowest BCUT2D eigenvalue weighted by atomic mass is 9.82. The maximum atomic E-state index is 11.5. The molecule has 4 rings (SSSR count). The highest BCUT2D eigenvalue weighted by Gasteiger charge is 2.22. The van der Waals surface area contributed by atoms with Crippen LogP contribution in [0, 0.1) is 22.0 Å². The van der Waals surface area contributed by atoms with Crippen LogP contribution in [-0.4, -0.2) is 28.0 Å². The second kappa shape index (κ2) is 10.9. The Morgan fingerprint density at radius 2 is 1.67 bits per heavy atom. The van der Waals surface area contributed by atoms with Crippen molar-refractivity contribution < 1.29 is 4.92 Å². The Hall–Kier alpha value is -3.52. The second-order valence-corrected chi connectivity index (χ2v) is 8.56. The molecule has 0 aliphatic heterocycles. The number of benzene rings is 2. The molecule has 0 amide bonds. The van der Waals surface area contributed by atoms with Gasteiger partial charge in [0.1, 0.15) is 6.20 Å². The Morgan fingerprint density at radius 1 is 0.970 bits per heavy atom. The summed E-state index contributed by atoms with van der Waals surface area (Å²) in [5.41, 5.74) is 9.02. The van der Waals surface area contributed by atoms with Gasteiger partial charge in [-0.05, 0) is 60.8 Å². The maximum Gasteiger partial charge on any atom is 0.329 e. The average molecular weight is 447 g/mol. The van der Waals surface area contributed by atoms with E-state index in [1.807, 2.05) is 30.3 Å². The van der Waals surface area contributed by atoms with Gasteiger partial charge in [0.25, 0.3) is 0 Å². The first kappa shape index (κ1) is 22.7. The third kappa shape index (κ3) is 5.84. The van der Waals surface area contributed by atoms with Gasteiger partial charge in [-0.3, -0.25) is 10.1 Å². The lowest BCUT2D eigenvalue weighted by molar-refractivity contribution is -0.384. The van der Waals surface area contributed by atoms with E-state index in [1.165, 1.54) is 6.20 Å². The minimum Gasteiger partial charge on any atom is -0.364 e. The summed E-state index contributed by atoms with van der Waals surface area (Å²) in [6, 6.07) is 18.3. The van der Waals surface area contributed by atoms with E-state index in [4.69, 9.17) is 5.73 Å². The normalized spacial score (nSPS) is 18.0. The van der Waals surface area contributed by atoms with Crippen molar-refractivity contribution in [3.63, 3.8) is 0 Å². The Morgan fingerprint density at radius 3 is 2.39 bits per heavy atom. The third-order valence-electron chi connectivity index (χ3n) is 6.36. The van der Waals surface area contributed by atoms with Gasteiger partial charge in [-0.25, -0.2) is 4.98 Å². The van der Waals surface area contributed by atoms with Crippen molar-refractivity contribution in [1.82, 2.24) is 9.97 Å². The van der Waals surface area contributed by atoms with Crippen LogP contribution in [0.4, 0.5) is 17.5 Å². The number of nitrogens with one attached hydrogen (secondary N) is 2. The number of aromatic nitrogens is 2. The molecule has 33 heavy (non-hydrogen) atoms. The molecule has 8 heteroatoms. The highest BCUT2D eigenvalue weighted by Crippen LogP contribution is 2.30. The molecule has 1 saturated carbocycles. The fraction of sp³-hybridized carbons (Fsp3) is 0.360. The van der Waals surface area contributed by atoms with Gasteiger partial charge in [0.2, 0.25) is 11.8 Å². The van der Waals surface area contributed by atoms with Crippen LogP contribution in [-0.2, 0) is 6.54 Å². The maximum absolute atomic E-state index is 11.5. The smallest absolute Gasteiger partial charge is 0.329 e. The van der Waals surface area contributed by atoms with Gasteiger partial charge in [-0.2, -0.15) is 4.98 Å². The molecule has 3 aromatic rings. The first-order valence-corrected chi connectivity index (χ1v) is 11.5. The number of nitrogens with zero attached hydrogens (tertiary/aromatic N) is 3. The quantitative estimate of drug-likeness (QED) is 0.318. The first-order chi connectivity index (χ1) is 16.1. The fourth-order valence-corrected chi connectivity index (χ4v) is 4.38. The van der Waals surface area contributed by atoms with Crippen molar-refractivity contribution in [3.05, 3.63) is 76.5 Å². The predicted molar refractivity (Wildman–Crippen MR) is 131 cm³/mol. The molecule has 0 saturated heterocycles. The van der Waals surface area contributed by atoms with Crippen LogP contribution in [0.5, 0.6) is 0 Å². The fourth-order valence-electron chi connectivity index (χ4n) is 4.38. The number of rotatable bonds is 9. The average Bonchev–Trinajstić information content (AvgIpc) is 2.87. The van der Waals surface area contributed by atoms with Crippen molar-refractivity contribution in [1.29, 1.82) is 0 Å². The summed E-state index contributed by atoms with van der Waals surface area (Å²) in [7, 11) is 0. The summed E-state index contributed by atoms with van der Waals surface area (Å²) in [6.45, 7) is 1.90. The number of nitro groups is 1. The zero-order chi connectivity index (χ0) is 23.0. The minimum absolute atomic E-state index is 0.110. The molecule has 1 aliphatic carbocycles. The van der Waals surface area contributed by atoms with Crippen molar-refractivity contribution >= 4 is 17.5 Å². The number of nitrogens with two attached hydrogens (primary N) is 1. The summed E-state index contributed by atoms with van der Waals surface area (Å²) in [6.07, 6.45) is 5.65. The van der Waals surface area contributed by atoms with Gasteiger partial charge in [-0.15, -0.1) is 0 Å². The van der Waals surface area contributed by atoms with Crippen LogP contribution < -0.4 is 16.4 Å². The Balaban J connectivity index is 1.45. The van der Waals surface area contributed by atoms with Crippen molar-refractivity contribution in [3.8, 4) is 11.1 Å². The zero-order valence-electron chi connectivity index (χ0n) is 18.6. The first-order valence-electron chi connectivity index (χ1n) is 11.5. The molecule has 1 heterocycles. The highest BCUT2D eigenvalue weighted by atomic mass is 16.6. The molecule has 172 valence electrons. The predicted octanol–water partition coefficient (Wildman–Crippen LogP) is 4.84. The molecular weight excluding hydrogens is 416 g/mol. The lowest BCUT2D eigenvalue weighted by Crippen LogP contribution is -2.25. The topological polar surface area (TPSA) is 119 Å². The van der Waals surface area contributed by atoms with E-state index in [-0.39, 0.29) is 11.5 Å².